The lowest BCUT2D eigenvalue weighted by molar-refractivity contribution is 0.354. The number of hydrogen-bond acceptors (Lipinski definition) is 5. The Balaban J connectivity index is 1.50. The molecule has 0 spiro atoms. The Morgan fingerprint density at radius 3 is 2.54 bits per heavy atom. The first-order valence-electron chi connectivity index (χ1n) is 8.32. The van der Waals surface area contributed by atoms with Crippen molar-refractivity contribution in [3.8, 4) is 21.9 Å². The fourth-order valence-electron chi connectivity index (χ4n) is 2.60. The monoisotopic (exact) mass is 388 g/mol. The van der Waals surface area contributed by atoms with Crippen LogP contribution in [0.4, 0.5) is 0 Å². The van der Waals surface area contributed by atoms with Crippen molar-refractivity contribution in [2.75, 3.05) is 20.8 Å². The molecule has 1 N–H and O–H groups in total. The molecule has 3 rings (SSSR count). The minimum atomic E-state index is 0.746. The van der Waals surface area contributed by atoms with Gasteiger partial charge in [-0.25, -0.2) is 4.98 Å². The van der Waals surface area contributed by atoms with Crippen LogP contribution >= 0.6 is 22.9 Å². The molecule has 0 aliphatic heterocycles. The third-order valence-electron chi connectivity index (χ3n) is 4.00. The molecule has 1 heterocycles. The molecule has 0 fully saturated rings. The van der Waals surface area contributed by atoms with Crippen molar-refractivity contribution in [2.45, 2.75) is 13.0 Å². The maximum Gasteiger partial charge on any atom is 0.160 e. The zero-order valence-corrected chi connectivity index (χ0v) is 16.4. The summed E-state index contributed by atoms with van der Waals surface area (Å²) in [6.45, 7) is 1.62. The first-order valence-corrected chi connectivity index (χ1v) is 9.51. The van der Waals surface area contributed by atoms with Crippen molar-refractivity contribution in [1.29, 1.82) is 0 Å². The Labute approximate surface area is 162 Å². The quantitative estimate of drug-likeness (QED) is 0.562. The molecule has 3 aromatic rings. The molecule has 0 unspecified atom stereocenters. The average molecular weight is 389 g/mol. The van der Waals surface area contributed by atoms with Gasteiger partial charge < -0.3 is 14.8 Å². The maximum atomic E-state index is 5.94. The topological polar surface area (TPSA) is 43.4 Å². The van der Waals surface area contributed by atoms with Gasteiger partial charge in [0.25, 0.3) is 0 Å². The van der Waals surface area contributed by atoms with Crippen LogP contribution in [0.15, 0.2) is 48.7 Å². The van der Waals surface area contributed by atoms with Gasteiger partial charge in [-0.2, -0.15) is 0 Å². The van der Waals surface area contributed by atoms with E-state index in [9.17, 15) is 0 Å². The van der Waals surface area contributed by atoms with Gasteiger partial charge in [-0.3, -0.25) is 0 Å². The van der Waals surface area contributed by atoms with Crippen LogP contribution in [0.5, 0.6) is 11.5 Å². The number of nitrogens with one attached hydrogen (secondary N) is 1. The molecular weight excluding hydrogens is 368 g/mol. The number of nitrogens with zero attached hydrogens (tertiary/aromatic N) is 1. The summed E-state index contributed by atoms with van der Waals surface area (Å²) in [5.74, 6) is 1.51. The van der Waals surface area contributed by atoms with Gasteiger partial charge in [-0.15, -0.1) is 11.3 Å². The molecule has 0 bridgehead atoms. The second kappa shape index (κ2) is 9.03. The van der Waals surface area contributed by atoms with E-state index in [4.69, 9.17) is 21.1 Å². The Hall–Kier alpha value is -2.08. The van der Waals surface area contributed by atoms with E-state index in [1.165, 1.54) is 5.56 Å². The van der Waals surface area contributed by atoms with Gasteiger partial charge in [0.05, 0.1) is 19.1 Å². The van der Waals surface area contributed by atoms with Crippen molar-refractivity contribution in [1.82, 2.24) is 10.3 Å². The van der Waals surface area contributed by atoms with Crippen LogP contribution in [0.3, 0.4) is 0 Å². The number of methoxy groups -OCH3 is 2. The van der Waals surface area contributed by atoms with Crippen molar-refractivity contribution < 1.29 is 9.47 Å². The van der Waals surface area contributed by atoms with E-state index in [1.807, 2.05) is 42.6 Å². The fraction of sp³-hybridized carbons (Fsp3) is 0.250. The van der Waals surface area contributed by atoms with Gasteiger partial charge in [0.15, 0.2) is 11.5 Å². The number of thiazole rings is 1. The summed E-state index contributed by atoms with van der Waals surface area (Å²) in [5.41, 5.74) is 2.35. The van der Waals surface area contributed by atoms with Crippen molar-refractivity contribution in [2.24, 2.45) is 0 Å². The van der Waals surface area contributed by atoms with Crippen LogP contribution in [0, 0.1) is 0 Å². The van der Waals surface area contributed by atoms with E-state index in [-0.39, 0.29) is 0 Å². The van der Waals surface area contributed by atoms with Crippen LogP contribution in [-0.2, 0) is 13.0 Å². The maximum absolute atomic E-state index is 5.94. The zero-order chi connectivity index (χ0) is 18.4. The van der Waals surface area contributed by atoms with E-state index in [0.29, 0.717) is 0 Å². The number of hydrogen-bond donors (Lipinski definition) is 1. The summed E-state index contributed by atoms with van der Waals surface area (Å²) in [6.07, 6.45) is 2.83. The SMILES string of the molecule is COc1ccc(CCNCc2ncc(-c3ccc(Cl)cc3)s2)cc1OC. The minimum Gasteiger partial charge on any atom is -0.493 e. The predicted molar refractivity (Wildman–Crippen MR) is 108 cm³/mol. The van der Waals surface area contributed by atoms with Gasteiger partial charge in [-0.1, -0.05) is 29.8 Å². The highest BCUT2D eigenvalue weighted by Crippen LogP contribution is 2.28. The third-order valence-corrected chi connectivity index (χ3v) is 5.30. The van der Waals surface area contributed by atoms with E-state index >= 15 is 0 Å². The van der Waals surface area contributed by atoms with Crippen molar-refractivity contribution in [3.05, 3.63) is 64.3 Å². The Morgan fingerprint density at radius 1 is 1.04 bits per heavy atom. The first-order chi connectivity index (χ1) is 12.7. The molecular formula is C20H21ClN2O2S. The van der Waals surface area contributed by atoms with E-state index in [1.54, 1.807) is 25.6 Å². The molecule has 1 aromatic heterocycles. The molecule has 0 aliphatic carbocycles. The molecule has 0 saturated heterocycles. The lowest BCUT2D eigenvalue weighted by atomic mass is 10.1. The summed E-state index contributed by atoms with van der Waals surface area (Å²) in [7, 11) is 3.30. The summed E-state index contributed by atoms with van der Waals surface area (Å²) < 4.78 is 10.6. The van der Waals surface area contributed by atoms with Crippen LogP contribution < -0.4 is 14.8 Å². The smallest absolute Gasteiger partial charge is 0.160 e. The summed E-state index contributed by atoms with van der Waals surface area (Å²) in [4.78, 5) is 5.65. The third kappa shape index (κ3) is 4.75. The highest BCUT2D eigenvalue weighted by molar-refractivity contribution is 7.15. The normalized spacial score (nSPS) is 10.7. The Morgan fingerprint density at radius 2 is 1.81 bits per heavy atom. The molecule has 2 aromatic carbocycles. The lowest BCUT2D eigenvalue weighted by Crippen LogP contribution is -2.16. The van der Waals surface area contributed by atoms with Gasteiger partial charge >= 0.3 is 0 Å². The zero-order valence-electron chi connectivity index (χ0n) is 14.8. The molecule has 4 nitrogen and oxygen atoms in total. The molecule has 0 saturated carbocycles. The molecule has 0 aliphatic rings. The second-order valence-electron chi connectivity index (χ2n) is 5.74. The predicted octanol–water partition coefficient (Wildman–Crippen LogP) is 4.81. The molecule has 0 atom stereocenters. The average Bonchev–Trinajstić information content (AvgIpc) is 3.14. The number of ether oxygens (including phenoxy) is 2. The van der Waals surface area contributed by atoms with E-state index in [2.05, 4.69) is 16.4 Å². The summed E-state index contributed by atoms with van der Waals surface area (Å²) in [6, 6.07) is 13.9. The first kappa shape index (κ1) is 18.7. The van der Waals surface area contributed by atoms with Gasteiger partial charge in [0.1, 0.15) is 5.01 Å². The largest absolute Gasteiger partial charge is 0.493 e. The van der Waals surface area contributed by atoms with Crippen LogP contribution in [-0.4, -0.2) is 25.7 Å². The molecule has 26 heavy (non-hydrogen) atoms. The highest BCUT2D eigenvalue weighted by atomic mass is 35.5. The number of halogens is 1. The second-order valence-corrected chi connectivity index (χ2v) is 7.29. The highest BCUT2D eigenvalue weighted by Gasteiger charge is 2.06. The molecule has 6 heteroatoms. The number of aromatic nitrogens is 1. The lowest BCUT2D eigenvalue weighted by Gasteiger charge is -2.09. The number of rotatable bonds is 8. The van der Waals surface area contributed by atoms with Crippen LogP contribution in [0.2, 0.25) is 5.02 Å². The van der Waals surface area contributed by atoms with Gasteiger partial charge in [0, 0.05) is 17.8 Å². The molecule has 0 radical (unpaired) electrons. The summed E-state index contributed by atoms with van der Waals surface area (Å²) in [5, 5.41) is 5.26. The molecule has 0 amide bonds. The standard InChI is InChI=1S/C20H21ClN2O2S/c1-24-17-8-3-14(11-18(17)25-2)9-10-22-13-20-23-12-19(26-20)15-4-6-16(21)7-5-15/h3-8,11-12,22H,9-10,13H2,1-2H3. The van der Waals surface area contributed by atoms with Crippen molar-refractivity contribution >= 4 is 22.9 Å². The van der Waals surface area contributed by atoms with E-state index in [0.717, 1.165) is 51.5 Å². The van der Waals surface area contributed by atoms with Crippen molar-refractivity contribution in [3.63, 3.8) is 0 Å². The van der Waals surface area contributed by atoms with Gasteiger partial charge in [-0.05, 0) is 48.4 Å². The van der Waals surface area contributed by atoms with Gasteiger partial charge in [0.2, 0.25) is 0 Å². The molecule has 136 valence electrons. The number of benzene rings is 2. The Bertz CT molecular complexity index is 849. The Kier molecular flexibility index (Phi) is 6.50. The fourth-order valence-corrected chi connectivity index (χ4v) is 3.62. The summed E-state index contributed by atoms with van der Waals surface area (Å²) >= 11 is 7.63. The van der Waals surface area contributed by atoms with Crippen LogP contribution in [0.25, 0.3) is 10.4 Å². The minimum absolute atomic E-state index is 0.746. The van der Waals surface area contributed by atoms with Crippen LogP contribution in [0.1, 0.15) is 10.6 Å². The van der Waals surface area contributed by atoms with E-state index < -0.39 is 0 Å².